The number of hydrogen-bond acceptors (Lipinski definition) is 1. The average molecular weight is 306 g/mol. The molecule has 1 atom stereocenters. The Morgan fingerprint density at radius 1 is 0.850 bits per heavy atom. The van der Waals surface area contributed by atoms with Gasteiger partial charge in [0.25, 0.3) is 0 Å². The van der Waals surface area contributed by atoms with Crippen molar-refractivity contribution in [1.82, 2.24) is 0 Å². The molecule has 0 aliphatic heterocycles. The maximum atomic E-state index is 10.3. The molecule has 0 saturated heterocycles. The van der Waals surface area contributed by atoms with Gasteiger partial charge in [0.15, 0.2) is 0 Å². The Balaban J connectivity index is 0.000000283. The predicted octanol–water partition coefficient (Wildman–Crippen LogP) is 4.06. The smallest absolute Gasteiger partial charge is 0.0683 e. The molecule has 0 spiro atoms. The average Bonchev–Trinajstić information content (AvgIpc) is 3.15. The largest absolute Gasteiger partial charge is 0.748 e. The minimum atomic E-state index is -0.884. The van der Waals surface area contributed by atoms with Gasteiger partial charge in [-0.15, -0.1) is 5.56 Å². The molecule has 110 valence electrons. The van der Waals surface area contributed by atoms with Gasteiger partial charge in [0.1, 0.15) is 0 Å². The van der Waals surface area contributed by atoms with Crippen molar-refractivity contribution in [1.29, 1.82) is 0 Å². The molecule has 1 unspecified atom stereocenters. The van der Waals surface area contributed by atoms with E-state index in [1.54, 1.807) is 0 Å². The summed E-state index contributed by atoms with van der Waals surface area (Å²) in [4.78, 5) is 0. The second kappa shape index (κ2) is 7.86. The topological polar surface area (TPSA) is 20.2 Å². The predicted molar refractivity (Wildman–Crippen MR) is 79.2 cm³/mol. The summed E-state index contributed by atoms with van der Waals surface area (Å²) in [6.45, 7) is 1.82. The Morgan fingerprint density at radius 3 is 1.75 bits per heavy atom. The van der Waals surface area contributed by atoms with Crippen LogP contribution in [0.4, 0.5) is 0 Å². The van der Waals surface area contributed by atoms with E-state index in [4.69, 9.17) is 0 Å². The zero-order valence-electron chi connectivity index (χ0n) is 11.4. The van der Waals surface area contributed by atoms with Gasteiger partial charge < -0.3 is 35.4 Å². The minimum Gasteiger partial charge on any atom is -0.748 e. The molecule has 0 aromatic heterocycles. The van der Waals surface area contributed by atoms with E-state index < -0.39 is 5.60 Å². The summed E-state index contributed by atoms with van der Waals surface area (Å²) in [5.74, 6) is 0. The van der Waals surface area contributed by atoms with Crippen molar-refractivity contribution >= 4 is 0 Å². The number of aliphatic hydroxyl groups is 1. The van der Waals surface area contributed by atoms with Crippen LogP contribution < -0.4 is 0 Å². The van der Waals surface area contributed by atoms with Crippen molar-refractivity contribution in [2.75, 3.05) is 0 Å². The molecule has 0 saturated carbocycles. The molecule has 3 aromatic rings. The number of rotatable bonds is 2. The summed E-state index contributed by atoms with van der Waals surface area (Å²) in [5.41, 5.74) is 0.972. The van der Waals surface area contributed by atoms with Gasteiger partial charge in [0.2, 0.25) is 0 Å². The van der Waals surface area contributed by atoms with Gasteiger partial charge in [0, 0.05) is 17.1 Å². The Bertz CT molecular complexity index is 534. The summed E-state index contributed by atoms with van der Waals surface area (Å²) in [6, 6.07) is 27.4. The molecule has 3 rings (SSSR count). The normalized spacial score (nSPS) is 12.5. The van der Waals surface area contributed by atoms with E-state index in [1.165, 1.54) is 0 Å². The van der Waals surface area contributed by atoms with Crippen LogP contribution in [0.25, 0.3) is 0 Å². The Hall–Kier alpha value is -1.60. The molecule has 0 heterocycles. The summed E-state index contributed by atoms with van der Waals surface area (Å²) >= 11 is 0. The fourth-order valence-corrected chi connectivity index (χ4v) is 1.95. The van der Waals surface area contributed by atoms with Gasteiger partial charge in [-0.05, 0) is 12.5 Å². The third-order valence-corrected chi connectivity index (χ3v) is 3.12. The molecule has 2 heteroatoms. The van der Waals surface area contributed by atoms with Gasteiger partial charge in [-0.25, -0.2) is 12.1 Å². The first-order valence-electron chi connectivity index (χ1n) is 6.38. The van der Waals surface area contributed by atoms with E-state index in [0.717, 1.165) is 11.1 Å². The zero-order valence-corrected chi connectivity index (χ0v) is 12.5. The third-order valence-electron chi connectivity index (χ3n) is 3.12. The molecule has 1 nitrogen and oxygen atoms in total. The fourth-order valence-electron chi connectivity index (χ4n) is 1.95. The van der Waals surface area contributed by atoms with Crippen LogP contribution in [0.1, 0.15) is 18.1 Å². The zero-order chi connectivity index (χ0) is 13.6. The van der Waals surface area contributed by atoms with Crippen LogP contribution in [-0.4, -0.2) is 5.11 Å². The van der Waals surface area contributed by atoms with Gasteiger partial charge in [0.05, 0.1) is 5.60 Å². The van der Waals surface area contributed by atoms with Gasteiger partial charge >= 0.3 is 0 Å². The molecule has 0 amide bonds. The van der Waals surface area contributed by atoms with Crippen molar-refractivity contribution in [3.8, 4) is 0 Å². The van der Waals surface area contributed by atoms with Crippen molar-refractivity contribution < 1.29 is 22.2 Å². The Labute approximate surface area is 131 Å². The van der Waals surface area contributed by atoms with Crippen LogP contribution in [0.2, 0.25) is 0 Å². The first-order valence-corrected chi connectivity index (χ1v) is 6.38. The van der Waals surface area contributed by atoms with Crippen LogP contribution in [0, 0.1) is 0 Å². The second-order valence-electron chi connectivity index (χ2n) is 4.57. The quantitative estimate of drug-likeness (QED) is 0.559. The van der Waals surface area contributed by atoms with Crippen LogP contribution in [0.3, 0.4) is 0 Å². The molecule has 0 aliphatic carbocycles. The monoisotopic (exact) mass is 306 g/mol. The molecule has 20 heavy (non-hydrogen) atoms. The molecule has 3 aromatic carbocycles. The minimum absolute atomic E-state index is 0. The summed E-state index contributed by atoms with van der Waals surface area (Å²) in [5, 5.41) is 10.3. The third kappa shape index (κ3) is 4.21. The molecule has 1 N–H and O–H groups in total. The van der Waals surface area contributed by atoms with E-state index >= 15 is 0 Å². The van der Waals surface area contributed by atoms with Crippen LogP contribution in [0.15, 0.2) is 84.9 Å². The van der Waals surface area contributed by atoms with Crippen molar-refractivity contribution in [3.05, 3.63) is 96.1 Å². The number of hydrogen-bond donors (Lipinski definition) is 1. The standard InChI is InChI=1S/C13H13O.C5H5.Fe/c1-13(14,12-9-5-6-10-12)11-7-3-2-4-8-11;1-2-4-5-3-1;/h2-10,14H,1H3;1-5H;/q-1;-5;. The molecule has 0 radical (unpaired) electrons. The van der Waals surface area contributed by atoms with Crippen LogP contribution >= 0.6 is 0 Å². The van der Waals surface area contributed by atoms with E-state index in [2.05, 4.69) is 0 Å². The Kier molecular flexibility index (Phi) is 6.47. The van der Waals surface area contributed by atoms with Crippen molar-refractivity contribution in [2.45, 2.75) is 12.5 Å². The first kappa shape index (κ1) is 16.5. The molecule has 0 bridgehead atoms. The van der Waals surface area contributed by atoms with Gasteiger partial charge in [-0.3, -0.25) is 0 Å². The molecular weight excluding hydrogens is 288 g/mol. The first-order chi connectivity index (χ1) is 9.21. The maximum Gasteiger partial charge on any atom is 0.0683 e. The number of benzene rings is 1. The van der Waals surface area contributed by atoms with Crippen LogP contribution in [0.5, 0.6) is 0 Å². The summed E-state index contributed by atoms with van der Waals surface area (Å²) < 4.78 is 0. The van der Waals surface area contributed by atoms with E-state index in [9.17, 15) is 5.11 Å². The second-order valence-corrected chi connectivity index (χ2v) is 4.57. The van der Waals surface area contributed by atoms with Gasteiger partial charge in [-0.2, -0.15) is 12.1 Å². The van der Waals surface area contributed by atoms with E-state index in [1.807, 2.05) is 91.9 Å². The Morgan fingerprint density at radius 2 is 1.30 bits per heavy atom. The molecule has 0 fully saturated rings. The fraction of sp³-hybridized carbons (Fsp3) is 0.111. The van der Waals surface area contributed by atoms with E-state index in [-0.39, 0.29) is 17.1 Å². The summed E-state index contributed by atoms with van der Waals surface area (Å²) in [6.07, 6.45) is 0. The van der Waals surface area contributed by atoms with Crippen molar-refractivity contribution in [3.63, 3.8) is 0 Å². The van der Waals surface area contributed by atoms with Crippen molar-refractivity contribution in [2.24, 2.45) is 0 Å². The molecule has 0 aliphatic rings. The molecular formula is C18H18FeO-6. The van der Waals surface area contributed by atoms with E-state index in [0.29, 0.717) is 0 Å². The SMILES string of the molecule is CC(O)(c1ccccc1)[c-]1cccc1.[Fe].[cH-]1[cH-][cH-][cH-][cH-]1. The van der Waals surface area contributed by atoms with Gasteiger partial charge in [-0.1, -0.05) is 30.3 Å². The van der Waals surface area contributed by atoms with Crippen LogP contribution in [-0.2, 0) is 22.7 Å². The summed E-state index contributed by atoms with van der Waals surface area (Å²) in [7, 11) is 0. The maximum absolute atomic E-state index is 10.3.